The van der Waals surface area contributed by atoms with E-state index in [2.05, 4.69) is 26.0 Å². The van der Waals surface area contributed by atoms with Crippen LogP contribution in [0.4, 0.5) is 5.69 Å². The van der Waals surface area contributed by atoms with Crippen LogP contribution < -0.4 is 9.04 Å². The van der Waals surface area contributed by atoms with Gasteiger partial charge in [-0.3, -0.25) is 18.0 Å². The number of nitrogens with zero attached hydrogens (tertiary/aromatic N) is 4. The van der Waals surface area contributed by atoms with Gasteiger partial charge in [0.1, 0.15) is 12.3 Å². The van der Waals surface area contributed by atoms with Crippen LogP contribution >= 0.6 is 27.5 Å². The Kier molecular flexibility index (Phi) is 6.79. The molecular formula is C20H17BrClN4O5S-. The van der Waals surface area contributed by atoms with E-state index >= 15 is 0 Å². The molecule has 0 saturated heterocycles. The van der Waals surface area contributed by atoms with Gasteiger partial charge in [-0.2, -0.15) is 5.10 Å². The van der Waals surface area contributed by atoms with Crippen molar-refractivity contribution < 1.29 is 23.4 Å². The fourth-order valence-electron chi connectivity index (χ4n) is 3.70. The van der Waals surface area contributed by atoms with Crippen LogP contribution in [0.25, 0.3) is 0 Å². The minimum absolute atomic E-state index is 0.270. The lowest BCUT2D eigenvalue weighted by Crippen LogP contribution is -2.33. The fourth-order valence-corrected chi connectivity index (χ4v) is 4.94. The first-order valence-electron chi connectivity index (χ1n) is 9.57. The highest BCUT2D eigenvalue weighted by Crippen LogP contribution is 2.39. The Hall–Kier alpha value is -2.47. The molecule has 0 radical (unpaired) electrons. The number of hydrogen-bond donors (Lipinski definition) is 1. The predicted molar refractivity (Wildman–Crippen MR) is 120 cm³/mol. The molecule has 168 valence electrons. The van der Waals surface area contributed by atoms with Crippen molar-refractivity contribution in [1.29, 1.82) is 0 Å². The zero-order valence-corrected chi connectivity index (χ0v) is 19.6. The van der Waals surface area contributed by atoms with Crippen molar-refractivity contribution in [3.8, 4) is 11.6 Å². The minimum atomic E-state index is -2.60. The average molecular weight is 541 g/mol. The van der Waals surface area contributed by atoms with Gasteiger partial charge in [-0.05, 0) is 65.5 Å². The van der Waals surface area contributed by atoms with E-state index in [0.29, 0.717) is 45.8 Å². The zero-order valence-electron chi connectivity index (χ0n) is 16.5. The molecule has 1 aliphatic carbocycles. The Balaban J connectivity index is 1.63. The molecule has 2 unspecified atom stereocenters. The number of hydrogen-bond acceptors (Lipinski definition) is 6. The van der Waals surface area contributed by atoms with Gasteiger partial charge in [-0.25, -0.2) is 4.98 Å². The molecule has 2 aromatic heterocycles. The molecule has 0 aliphatic heterocycles. The summed E-state index contributed by atoms with van der Waals surface area (Å²) in [5, 5.41) is 13.8. The monoisotopic (exact) mass is 539 g/mol. The van der Waals surface area contributed by atoms with Crippen molar-refractivity contribution in [2.45, 2.75) is 31.8 Å². The molecule has 32 heavy (non-hydrogen) atoms. The van der Waals surface area contributed by atoms with Crippen LogP contribution in [0.3, 0.4) is 0 Å². The SMILES string of the molecule is O=C(O)Cn1ncc2c1CCCC2N(c1cnc(Oc2ccc(Cl)cc2)c(Br)c1)S(=O)[O-]. The Morgan fingerprint density at radius 1 is 1.38 bits per heavy atom. The van der Waals surface area contributed by atoms with E-state index in [0.717, 1.165) is 5.69 Å². The lowest BCUT2D eigenvalue weighted by molar-refractivity contribution is -0.137. The number of pyridine rings is 1. The number of carboxylic acids is 1. The first kappa shape index (κ1) is 22.7. The number of fused-ring (bicyclic) bond motifs is 1. The second-order valence-corrected chi connectivity index (χ2v) is 9.20. The van der Waals surface area contributed by atoms with Crippen LogP contribution in [0.15, 0.2) is 47.2 Å². The second-order valence-electron chi connectivity index (χ2n) is 7.09. The highest BCUT2D eigenvalue weighted by Gasteiger charge is 2.31. The summed E-state index contributed by atoms with van der Waals surface area (Å²) in [4.78, 5) is 15.4. The standard InChI is InChI=1S/C20H18BrClN4O5S/c21-16-8-13(9-23-20(16)31-14-6-4-12(22)5-7-14)26(32(29)30)18-3-1-2-17-15(18)10-24-25(17)11-19(27)28/h4-10,18H,1-3,11H2,(H,27,28)(H,29,30)/p-1. The lowest BCUT2D eigenvalue weighted by Gasteiger charge is -2.36. The second kappa shape index (κ2) is 9.57. The highest BCUT2D eigenvalue weighted by molar-refractivity contribution is 9.10. The maximum atomic E-state index is 12.2. The first-order chi connectivity index (χ1) is 15.3. The van der Waals surface area contributed by atoms with E-state index in [1.807, 2.05) is 0 Å². The molecule has 1 aliphatic rings. The van der Waals surface area contributed by atoms with Crippen LogP contribution in [0.5, 0.6) is 11.6 Å². The summed E-state index contributed by atoms with van der Waals surface area (Å²) < 4.78 is 33.3. The smallest absolute Gasteiger partial charge is 0.325 e. The molecule has 1 aromatic carbocycles. The van der Waals surface area contributed by atoms with Crippen LogP contribution in [-0.2, 0) is 29.0 Å². The number of carbonyl (C=O) groups is 1. The van der Waals surface area contributed by atoms with Crippen molar-refractivity contribution in [1.82, 2.24) is 14.8 Å². The number of rotatable bonds is 7. The van der Waals surface area contributed by atoms with Crippen molar-refractivity contribution in [2.24, 2.45) is 0 Å². The van der Waals surface area contributed by atoms with Gasteiger partial charge in [0, 0.05) is 27.5 Å². The van der Waals surface area contributed by atoms with Gasteiger partial charge in [0.15, 0.2) is 0 Å². The third-order valence-electron chi connectivity index (χ3n) is 5.04. The zero-order chi connectivity index (χ0) is 22.8. The molecule has 0 amide bonds. The third-order valence-corrected chi connectivity index (χ3v) is 6.64. The quantitative estimate of drug-likeness (QED) is 0.445. The van der Waals surface area contributed by atoms with E-state index in [1.54, 1.807) is 36.5 Å². The molecular weight excluding hydrogens is 524 g/mol. The molecule has 1 N–H and O–H groups in total. The number of carboxylic acid groups (broad SMARTS) is 1. The molecule has 2 heterocycles. The Morgan fingerprint density at radius 2 is 2.12 bits per heavy atom. The Morgan fingerprint density at radius 3 is 2.78 bits per heavy atom. The van der Waals surface area contributed by atoms with Crippen LogP contribution in [0, 0.1) is 0 Å². The lowest BCUT2D eigenvalue weighted by atomic mass is 9.92. The van der Waals surface area contributed by atoms with E-state index in [1.165, 1.54) is 15.2 Å². The molecule has 0 bridgehead atoms. The summed E-state index contributed by atoms with van der Waals surface area (Å²) in [6.45, 7) is -0.271. The van der Waals surface area contributed by atoms with Gasteiger partial charge in [0.05, 0.1) is 28.6 Å². The summed E-state index contributed by atoms with van der Waals surface area (Å²) in [6, 6.07) is 7.86. The van der Waals surface area contributed by atoms with E-state index in [4.69, 9.17) is 21.4 Å². The molecule has 9 nitrogen and oxygen atoms in total. The number of aliphatic carboxylic acids is 1. The summed E-state index contributed by atoms with van der Waals surface area (Å²) in [5.74, 6) is -0.208. The molecule has 4 rings (SSSR count). The molecule has 3 aromatic rings. The minimum Gasteiger partial charge on any atom is -0.755 e. The molecule has 0 fully saturated rings. The summed E-state index contributed by atoms with van der Waals surface area (Å²) in [6.07, 6.45) is 4.86. The fraction of sp³-hybridized carbons (Fsp3) is 0.250. The Labute approximate surface area is 199 Å². The van der Waals surface area contributed by atoms with Crippen LogP contribution in [0.1, 0.15) is 30.1 Å². The van der Waals surface area contributed by atoms with E-state index < -0.39 is 23.3 Å². The number of halogens is 2. The average Bonchev–Trinajstić information content (AvgIpc) is 3.14. The maximum Gasteiger partial charge on any atom is 0.325 e. The topological polar surface area (TPSA) is 121 Å². The number of ether oxygens (including phenoxy) is 1. The molecule has 0 saturated carbocycles. The van der Waals surface area contributed by atoms with Gasteiger partial charge >= 0.3 is 5.97 Å². The third kappa shape index (κ3) is 4.80. The Bertz CT molecular complexity index is 1170. The summed E-state index contributed by atoms with van der Waals surface area (Å²) in [5.41, 5.74) is 1.77. The van der Waals surface area contributed by atoms with E-state index in [-0.39, 0.29) is 12.4 Å². The first-order valence-corrected chi connectivity index (χ1v) is 11.8. The molecule has 0 spiro atoms. The van der Waals surface area contributed by atoms with Crippen molar-refractivity contribution in [3.05, 3.63) is 63.5 Å². The van der Waals surface area contributed by atoms with Crippen molar-refractivity contribution >= 4 is 50.5 Å². The number of benzene rings is 1. The van der Waals surface area contributed by atoms with Crippen LogP contribution in [0.2, 0.25) is 5.02 Å². The largest absolute Gasteiger partial charge is 0.755 e. The van der Waals surface area contributed by atoms with Gasteiger partial charge < -0.3 is 14.4 Å². The van der Waals surface area contributed by atoms with Gasteiger partial charge in [-0.1, -0.05) is 11.6 Å². The van der Waals surface area contributed by atoms with Crippen molar-refractivity contribution in [3.63, 3.8) is 0 Å². The number of aromatic nitrogens is 3. The maximum absolute atomic E-state index is 12.2. The summed E-state index contributed by atoms with van der Waals surface area (Å²) in [7, 11) is 0. The van der Waals surface area contributed by atoms with Crippen LogP contribution in [-0.4, -0.2) is 34.6 Å². The van der Waals surface area contributed by atoms with E-state index in [9.17, 15) is 13.6 Å². The predicted octanol–water partition coefficient (Wildman–Crippen LogP) is 4.25. The number of anilines is 1. The van der Waals surface area contributed by atoms with Gasteiger partial charge in [0.2, 0.25) is 5.88 Å². The van der Waals surface area contributed by atoms with Gasteiger partial charge in [-0.15, -0.1) is 0 Å². The normalized spacial score (nSPS) is 16.3. The molecule has 12 heteroatoms. The highest BCUT2D eigenvalue weighted by atomic mass is 79.9. The van der Waals surface area contributed by atoms with Gasteiger partial charge in [0.25, 0.3) is 0 Å². The summed E-state index contributed by atoms with van der Waals surface area (Å²) >= 11 is 6.69. The molecule has 2 atom stereocenters. The van der Waals surface area contributed by atoms with Crippen molar-refractivity contribution in [2.75, 3.05) is 4.31 Å².